The Labute approximate surface area is 159 Å². The van der Waals surface area contributed by atoms with Gasteiger partial charge in [0.2, 0.25) is 0 Å². The highest BCUT2D eigenvalue weighted by atomic mass is 16.6. The van der Waals surface area contributed by atoms with Gasteiger partial charge >= 0.3 is 12.1 Å². The van der Waals surface area contributed by atoms with E-state index in [0.717, 1.165) is 11.3 Å². The number of piperazine rings is 1. The molecule has 2 aliphatic rings. The van der Waals surface area contributed by atoms with Gasteiger partial charge in [-0.25, -0.2) is 9.59 Å². The monoisotopic (exact) mass is 377 g/mol. The maximum Gasteiger partial charge on any atom is 0.409 e. The molecule has 1 aromatic carbocycles. The first kappa shape index (κ1) is 19.1. The Kier molecular flexibility index (Phi) is 5.62. The average Bonchev–Trinajstić information content (AvgIpc) is 2.67. The van der Waals surface area contributed by atoms with Crippen molar-refractivity contribution >= 4 is 12.1 Å². The first-order chi connectivity index (χ1) is 12.9. The number of urea groups is 1. The van der Waals surface area contributed by atoms with Gasteiger partial charge in [-0.1, -0.05) is 6.07 Å². The summed E-state index contributed by atoms with van der Waals surface area (Å²) in [7, 11) is 0. The Bertz CT molecular complexity index is 699. The van der Waals surface area contributed by atoms with Gasteiger partial charge in [-0.05, 0) is 38.5 Å². The smallest absolute Gasteiger partial charge is 0.409 e. The van der Waals surface area contributed by atoms with E-state index >= 15 is 0 Å². The molecule has 8 nitrogen and oxygen atoms in total. The average molecular weight is 377 g/mol. The maximum atomic E-state index is 12.7. The number of hydrogen-bond acceptors (Lipinski definition) is 5. The van der Waals surface area contributed by atoms with Crippen LogP contribution < -0.4 is 14.8 Å². The van der Waals surface area contributed by atoms with E-state index in [4.69, 9.17) is 14.2 Å². The van der Waals surface area contributed by atoms with Crippen molar-refractivity contribution in [3.05, 3.63) is 23.8 Å². The van der Waals surface area contributed by atoms with Crippen molar-refractivity contribution in [3.63, 3.8) is 0 Å². The number of nitrogens with zero attached hydrogens (tertiary/aromatic N) is 2. The molecule has 3 rings (SSSR count). The molecule has 27 heavy (non-hydrogen) atoms. The third kappa shape index (κ3) is 4.37. The van der Waals surface area contributed by atoms with Gasteiger partial charge in [0, 0.05) is 26.2 Å². The zero-order valence-corrected chi connectivity index (χ0v) is 16.1. The van der Waals surface area contributed by atoms with Crippen molar-refractivity contribution in [2.45, 2.75) is 26.3 Å². The SMILES string of the molecule is CCOC(=O)N1CCN(C(=O)NC(C)(C)c2ccc3c(c2)OCCO3)CC1. The number of carbonyl (C=O) groups excluding carboxylic acids is 2. The lowest BCUT2D eigenvalue weighted by atomic mass is 9.94. The van der Waals surface area contributed by atoms with Crippen LogP contribution in [0.1, 0.15) is 26.3 Å². The molecule has 1 saturated heterocycles. The predicted octanol–water partition coefficient (Wildman–Crippen LogP) is 2.18. The zero-order chi connectivity index (χ0) is 19.4. The molecule has 0 bridgehead atoms. The molecule has 2 aliphatic heterocycles. The molecule has 0 unspecified atom stereocenters. The minimum absolute atomic E-state index is 0.154. The number of amides is 3. The van der Waals surface area contributed by atoms with Crippen LogP contribution in [0.4, 0.5) is 9.59 Å². The third-order valence-corrected chi connectivity index (χ3v) is 4.78. The van der Waals surface area contributed by atoms with Crippen molar-refractivity contribution in [3.8, 4) is 11.5 Å². The Morgan fingerprint density at radius 1 is 1.07 bits per heavy atom. The van der Waals surface area contributed by atoms with E-state index < -0.39 is 5.54 Å². The predicted molar refractivity (Wildman–Crippen MR) is 99.2 cm³/mol. The normalized spacial score (nSPS) is 16.7. The van der Waals surface area contributed by atoms with Crippen LogP contribution in [0.2, 0.25) is 0 Å². The highest BCUT2D eigenvalue weighted by Crippen LogP contribution is 2.34. The summed E-state index contributed by atoms with van der Waals surface area (Å²) in [6.07, 6.45) is -0.325. The molecule has 0 aromatic heterocycles. The summed E-state index contributed by atoms with van der Waals surface area (Å²) < 4.78 is 16.2. The number of rotatable bonds is 3. The molecule has 2 heterocycles. The van der Waals surface area contributed by atoms with E-state index in [1.54, 1.807) is 16.7 Å². The molecule has 1 N–H and O–H groups in total. The topological polar surface area (TPSA) is 80.3 Å². The van der Waals surface area contributed by atoms with Gasteiger partial charge in [-0.15, -0.1) is 0 Å². The number of ether oxygens (including phenoxy) is 3. The van der Waals surface area contributed by atoms with E-state index in [1.807, 2.05) is 32.0 Å². The largest absolute Gasteiger partial charge is 0.486 e. The number of carbonyl (C=O) groups is 2. The minimum atomic E-state index is -0.578. The van der Waals surface area contributed by atoms with Gasteiger partial charge in [-0.3, -0.25) is 0 Å². The summed E-state index contributed by atoms with van der Waals surface area (Å²) in [6, 6.07) is 5.56. The van der Waals surface area contributed by atoms with Gasteiger partial charge in [0.15, 0.2) is 11.5 Å². The lowest BCUT2D eigenvalue weighted by Crippen LogP contribution is -2.55. The summed E-state index contributed by atoms with van der Waals surface area (Å²) in [4.78, 5) is 27.8. The molecule has 1 aromatic rings. The van der Waals surface area contributed by atoms with Crippen molar-refractivity contribution in [2.24, 2.45) is 0 Å². The standard InChI is InChI=1S/C19H27N3O5/c1-4-25-18(24)22-9-7-21(8-10-22)17(23)20-19(2,3)14-5-6-15-16(13-14)27-12-11-26-15/h5-6,13H,4,7-12H2,1-3H3,(H,20,23). The van der Waals surface area contributed by atoms with E-state index in [-0.39, 0.29) is 12.1 Å². The summed E-state index contributed by atoms with van der Waals surface area (Å²) in [5.41, 5.74) is 0.357. The Hall–Kier alpha value is -2.64. The van der Waals surface area contributed by atoms with Crippen LogP contribution in [0.15, 0.2) is 18.2 Å². The van der Waals surface area contributed by atoms with Gasteiger partial charge in [-0.2, -0.15) is 0 Å². The summed E-state index contributed by atoms with van der Waals surface area (Å²) >= 11 is 0. The van der Waals surface area contributed by atoms with Crippen LogP contribution in [0.3, 0.4) is 0 Å². The molecule has 0 saturated carbocycles. The Morgan fingerprint density at radius 2 is 1.70 bits per heavy atom. The van der Waals surface area contributed by atoms with Crippen molar-refractivity contribution < 1.29 is 23.8 Å². The fourth-order valence-electron chi connectivity index (χ4n) is 3.16. The lowest BCUT2D eigenvalue weighted by Gasteiger charge is -2.37. The molecule has 0 spiro atoms. The zero-order valence-electron chi connectivity index (χ0n) is 16.1. The van der Waals surface area contributed by atoms with Gasteiger partial charge in [0.25, 0.3) is 0 Å². The number of fused-ring (bicyclic) bond motifs is 1. The molecule has 8 heteroatoms. The fourth-order valence-corrected chi connectivity index (χ4v) is 3.16. The lowest BCUT2D eigenvalue weighted by molar-refractivity contribution is 0.0840. The molecular weight excluding hydrogens is 350 g/mol. The van der Waals surface area contributed by atoms with Crippen molar-refractivity contribution in [1.29, 1.82) is 0 Å². The Morgan fingerprint density at radius 3 is 2.37 bits per heavy atom. The molecule has 3 amide bonds. The van der Waals surface area contributed by atoms with Gasteiger partial charge in [0.05, 0.1) is 12.1 Å². The maximum absolute atomic E-state index is 12.7. The fraction of sp³-hybridized carbons (Fsp3) is 0.579. The quantitative estimate of drug-likeness (QED) is 0.873. The highest BCUT2D eigenvalue weighted by Gasteiger charge is 2.30. The second kappa shape index (κ2) is 7.94. The second-order valence-corrected chi connectivity index (χ2v) is 7.09. The van der Waals surface area contributed by atoms with E-state index in [0.29, 0.717) is 51.7 Å². The van der Waals surface area contributed by atoms with Crippen molar-refractivity contribution in [1.82, 2.24) is 15.1 Å². The van der Waals surface area contributed by atoms with Crippen LogP contribution in [-0.4, -0.2) is 67.9 Å². The third-order valence-electron chi connectivity index (χ3n) is 4.78. The molecule has 0 aliphatic carbocycles. The van der Waals surface area contributed by atoms with Gasteiger partial charge in [0.1, 0.15) is 13.2 Å². The number of hydrogen-bond donors (Lipinski definition) is 1. The van der Waals surface area contributed by atoms with E-state index in [2.05, 4.69) is 5.32 Å². The molecular formula is C19H27N3O5. The summed E-state index contributed by atoms with van der Waals surface area (Å²) in [5, 5.41) is 3.07. The summed E-state index contributed by atoms with van der Waals surface area (Å²) in [5.74, 6) is 1.42. The molecule has 0 atom stereocenters. The summed E-state index contributed by atoms with van der Waals surface area (Å²) in [6.45, 7) is 8.98. The van der Waals surface area contributed by atoms with Crippen molar-refractivity contribution in [2.75, 3.05) is 46.0 Å². The first-order valence-electron chi connectivity index (χ1n) is 9.29. The van der Waals surface area contributed by atoms with Crippen LogP contribution in [0.5, 0.6) is 11.5 Å². The minimum Gasteiger partial charge on any atom is -0.486 e. The number of benzene rings is 1. The molecule has 0 radical (unpaired) electrons. The first-order valence-corrected chi connectivity index (χ1v) is 9.29. The number of nitrogens with one attached hydrogen (secondary N) is 1. The highest BCUT2D eigenvalue weighted by molar-refractivity contribution is 5.76. The van der Waals surface area contributed by atoms with E-state index in [1.165, 1.54) is 0 Å². The van der Waals surface area contributed by atoms with E-state index in [9.17, 15) is 9.59 Å². The molecule has 148 valence electrons. The van der Waals surface area contributed by atoms with Crippen LogP contribution in [-0.2, 0) is 10.3 Å². The van der Waals surface area contributed by atoms with Crippen LogP contribution in [0, 0.1) is 0 Å². The van der Waals surface area contributed by atoms with Gasteiger partial charge < -0.3 is 29.3 Å². The van der Waals surface area contributed by atoms with Crippen LogP contribution in [0.25, 0.3) is 0 Å². The van der Waals surface area contributed by atoms with Crippen LogP contribution >= 0.6 is 0 Å². The Balaban J connectivity index is 1.59. The molecule has 1 fully saturated rings. The second-order valence-electron chi connectivity index (χ2n) is 7.09.